The Kier molecular flexibility index (Phi) is 5.18. The Morgan fingerprint density at radius 1 is 0.531 bits per heavy atom. The lowest BCUT2D eigenvalue weighted by Gasteiger charge is -2.49. The smallest absolute Gasteiger partial charge is 0.152 e. The number of benzene rings is 4. The molecule has 0 aliphatic heterocycles. The van der Waals surface area contributed by atoms with Crippen molar-refractivity contribution < 1.29 is 10.2 Å². The van der Waals surface area contributed by atoms with Crippen molar-refractivity contribution in [3.8, 4) is 11.1 Å². The average Bonchev–Trinajstić information content (AvgIpc) is 2.78. The second-order valence-electron chi connectivity index (χ2n) is 8.53. The third-order valence-electron chi connectivity index (χ3n) is 6.50. The van der Waals surface area contributed by atoms with E-state index in [-0.39, 0.29) is 0 Å². The van der Waals surface area contributed by atoms with Crippen molar-refractivity contribution in [2.24, 2.45) is 0 Å². The van der Waals surface area contributed by atoms with E-state index < -0.39 is 11.2 Å². The molecule has 4 aromatic rings. The third kappa shape index (κ3) is 3.05. The van der Waals surface area contributed by atoms with E-state index in [1.165, 1.54) is 0 Å². The molecule has 4 heteroatoms. The summed E-state index contributed by atoms with van der Waals surface area (Å²) in [5.74, 6) is 0. The van der Waals surface area contributed by atoms with Crippen molar-refractivity contribution in [2.45, 2.75) is 25.0 Å². The highest BCUT2D eigenvalue weighted by atomic mass is 79.9. The van der Waals surface area contributed by atoms with Gasteiger partial charge in [0.25, 0.3) is 0 Å². The maximum Gasteiger partial charge on any atom is 0.152 e. The first-order valence-corrected chi connectivity index (χ1v) is 12.0. The van der Waals surface area contributed by atoms with Crippen molar-refractivity contribution in [3.05, 3.63) is 127 Å². The van der Waals surface area contributed by atoms with Gasteiger partial charge in [0.1, 0.15) is 0 Å². The molecule has 2 atom stereocenters. The molecule has 1 aliphatic carbocycles. The van der Waals surface area contributed by atoms with E-state index in [2.05, 4.69) is 31.9 Å². The number of halogens is 2. The highest BCUT2D eigenvalue weighted by Gasteiger charge is 2.58. The van der Waals surface area contributed by atoms with E-state index in [9.17, 15) is 10.2 Å². The molecule has 0 fully saturated rings. The first-order valence-electron chi connectivity index (χ1n) is 10.4. The van der Waals surface area contributed by atoms with Crippen LogP contribution in [-0.4, -0.2) is 10.2 Å². The fourth-order valence-electron chi connectivity index (χ4n) is 4.82. The van der Waals surface area contributed by atoms with Crippen LogP contribution in [0.5, 0.6) is 0 Å². The van der Waals surface area contributed by atoms with Gasteiger partial charge >= 0.3 is 0 Å². The van der Waals surface area contributed by atoms with Crippen LogP contribution in [0.25, 0.3) is 11.1 Å². The molecule has 0 radical (unpaired) electrons. The highest BCUT2D eigenvalue weighted by Crippen LogP contribution is 2.58. The number of hydrogen-bond acceptors (Lipinski definition) is 2. The fourth-order valence-corrected chi connectivity index (χ4v) is 5.54. The zero-order valence-electron chi connectivity index (χ0n) is 17.7. The molecule has 160 valence electrons. The monoisotopic (exact) mass is 548 g/mol. The van der Waals surface area contributed by atoms with Crippen LogP contribution in [0.4, 0.5) is 0 Å². The molecule has 0 amide bonds. The molecule has 2 nitrogen and oxygen atoms in total. The van der Waals surface area contributed by atoms with Gasteiger partial charge in [-0.2, -0.15) is 0 Å². The van der Waals surface area contributed by atoms with Crippen molar-refractivity contribution >= 4 is 31.9 Å². The molecule has 0 heterocycles. The molecule has 4 aromatic carbocycles. The van der Waals surface area contributed by atoms with Crippen molar-refractivity contribution in [1.82, 2.24) is 0 Å². The van der Waals surface area contributed by atoms with Gasteiger partial charge in [-0.25, -0.2) is 0 Å². The van der Waals surface area contributed by atoms with Crippen LogP contribution in [0.15, 0.2) is 93.9 Å². The van der Waals surface area contributed by atoms with Gasteiger partial charge < -0.3 is 10.2 Å². The molecule has 0 bridgehead atoms. The molecule has 32 heavy (non-hydrogen) atoms. The Morgan fingerprint density at radius 2 is 0.875 bits per heavy atom. The summed E-state index contributed by atoms with van der Waals surface area (Å²) in [7, 11) is 0. The Balaban J connectivity index is 1.95. The molecule has 1 aliphatic rings. The van der Waals surface area contributed by atoms with E-state index >= 15 is 0 Å². The minimum absolute atomic E-state index is 0.642. The Hall–Kier alpha value is -2.24. The van der Waals surface area contributed by atoms with Gasteiger partial charge in [0.2, 0.25) is 0 Å². The average molecular weight is 550 g/mol. The minimum atomic E-state index is -1.70. The number of rotatable bonds is 2. The number of fused-ring (bicyclic) bond motifs is 3. The second kappa shape index (κ2) is 7.67. The standard InChI is InChI=1S/C28H22Br2O2/c1-17-3-7-19(8-4-17)27(31)25-13-11-21(29)15-23(25)24-16-22(30)12-14-26(24)28(27,32)20-9-5-18(2)6-10-20/h3-16,31-32H,1-2H3. The zero-order chi connectivity index (χ0) is 22.7. The molecule has 0 saturated carbocycles. The molecule has 0 spiro atoms. The largest absolute Gasteiger partial charge is 0.377 e. The first-order chi connectivity index (χ1) is 15.2. The summed E-state index contributed by atoms with van der Waals surface area (Å²) in [5.41, 5.74) is 3.16. The van der Waals surface area contributed by atoms with Gasteiger partial charge in [0.15, 0.2) is 11.2 Å². The second-order valence-corrected chi connectivity index (χ2v) is 10.4. The molecule has 5 rings (SSSR count). The van der Waals surface area contributed by atoms with Crippen molar-refractivity contribution in [3.63, 3.8) is 0 Å². The van der Waals surface area contributed by atoms with E-state index in [1.807, 2.05) is 98.8 Å². The van der Waals surface area contributed by atoms with Crippen LogP contribution in [0.3, 0.4) is 0 Å². The molecule has 0 saturated heterocycles. The normalized spacial score (nSPS) is 21.7. The fraction of sp³-hybridized carbons (Fsp3) is 0.143. The van der Waals surface area contributed by atoms with Crippen LogP contribution in [0.1, 0.15) is 33.4 Å². The summed E-state index contributed by atoms with van der Waals surface area (Å²) in [6.07, 6.45) is 0. The van der Waals surface area contributed by atoms with Gasteiger partial charge in [0, 0.05) is 8.95 Å². The summed E-state index contributed by atoms with van der Waals surface area (Å²) in [4.78, 5) is 0. The van der Waals surface area contributed by atoms with E-state index in [4.69, 9.17) is 0 Å². The number of aryl methyl sites for hydroxylation is 2. The number of hydrogen-bond donors (Lipinski definition) is 2. The van der Waals surface area contributed by atoms with Gasteiger partial charge in [0.05, 0.1) is 0 Å². The van der Waals surface area contributed by atoms with E-state index in [0.29, 0.717) is 22.3 Å². The summed E-state index contributed by atoms with van der Waals surface area (Å²) in [6, 6.07) is 27.2. The SMILES string of the molecule is Cc1ccc(C2(O)c3ccc(Br)cc3-c3cc(Br)ccc3C2(O)c2ccc(C)cc2)cc1. The van der Waals surface area contributed by atoms with Gasteiger partial charge in [-0.15, -0.1) is 0 Å². The van der Waals surface area contributed by atoms with Crippen LogP contribution >= 0.6 is 31.9 Å². The molecule has 2 N–H and O–H groups in total. The Bertz CT molecular complexity index is 1220. The number of aliphatic hydroxyl groups is 2. The lowest BCUT2D eigenvalue weighted by Crippen LogP contribution is -2.53. The van der Waals surface area contributed by atoms with Crippen LogP contribution < -0.4 is 0 Å². The molecule has 0 aromatic heterocycles. The van der Waals surface area contributed by atoms with Gasteiger partial charge in [-0.1, -0.05) is 104 Å². The highest BCUT2D eigenvalue weighted by molar-refractivity contribution is 9.10. The molecular formula is C28H22Br2O2. The van der Waals surface area contributed by atoms with Crippen LogP contribution in [0.2, 0.25) is 0 Å². The first kappa shape index (κ1) is 21.6. The maximum atomic E-state index is 12.7. The molecular weight excluding hydrogens is 528 g/mol. The lowest BCUT2D eigenvalue weighted by molar-refractivity contribution is -0.114. The Labute approximate surface area is 204 Å². The summed E-state index contributed by atoms with van der Waals surface area (Å²) >= 11 is 7.18. The minimum Gasteiger partial charge on any atom is -0.377 e. The third-order valence-corrected chi connectivity index (χ3v) is 7.48. The predicted molar refractivity (Wildman–Crippen MR) is 136 cm³/mol. The van der Waals surface area contributed by atoms with Crippen LogP contribution in [0, 0.1) is 13.8 Å². The van der Waals surface area contributed by atoms with Crippen molar-refractivity contribution in [2.75, 3.05) is 0 Å². The van der Waals surface area contributed by atoms with Gasteiger partial charge in [-0.05, 0) is 71.5 Å². The van der Waals surface area contributed by atoms with E-state index in [1.54, 1.807) is 0 Å². The quantitative estimate of drug-likeness (QED) is 0.283. The maximum absolute atomic E-state index is 12.7. The zero-order valence-corrected chi connectivity index (χ0v) is 20.9. The predicted octanol–water partition coefficient (Wildman–Crippen LogP) is 6.98. The summed E-state index contributed by atoms with van der Waals surface area (Å²) in [5, 5.41) is 25.3. The lowest BCUT2D eigenvalue weighted by atomic mass is 9.60. The van der Waals surface area contributed by atoms with E-state index in [0.717, 1.165) is 31.2 Å². The van der Waals surface area contributed by atoms with Crippen molar-refractivity contribution in [1.29, 1.82) is 0 Å². The molecule has 2 unspecified atom stereocenters. The Morgan fingerprint density at radius 3 is 1.22 bits per heavy atom. The summed E-state index contributed by atoms with van der Waals surface area (Å²) in [6.45, 7) is 4.03. The summed E-state index contributed by atoms with van der Waals surface area (Å²) < 4.78 is 1.82. The van der Waals surface area contributed by atoms with Crippen LogP contribution in [-0.2, 0) is 11.2 Å². The topological polar surface area (TPSA) is 40.5 Å². The van der Waals surface area contributed by atoms with Gasteiger partial charge in [-0.3, -0.25) is 0 Å².